The van der Waals surface area contributed by atoms with Crippen LogP contribution in [0.3, 0.4) is 0 Å². The summed E-state index contributed by atoms with van der Waals surface area (Å²) in [7, 11) is 0. The SMILES string of the molecule is Oc1ccc2ccccc2c1C=Nc1ccccc1I. The highest BCUT2D eigenvalue weighted by molar-refractivity contribution is 14.1. The minimum absolute atomic E-state index is 0.249. The highest BCUT2D eigenvalue weighted by atomic mass is 127. The molecule has 0 saturated heterocycles. The predicted octanol–water partition coefficient (Wildman–Crippen LogP) is 4.90. The largest absolute Gasteiger partial charge is 0.507 e. The van der Waals surface area contributed by atoms with Gasteiger partial charge in [0.2, 0.25) is 0 Å². The first-order valence-corrected chi connectivity index (χ1v) is 7.33. The number of fused-ring (bicyclic) bond motifs is 1. The fraction of sp³-hybridized carbons (Fsp3) is 0. The Hall–Kier alpha value is -1.88. The molecule has 0 aliphatic rings. The maximum absolute atomic E-state index is 10.1. The molecule has 0 aliphatic carbocycles. The summed E-state index contributed by atoms with van der Waals surface area (Å²) in [6.07, 6.45) is 1.73. The summed E-state index contributed by atoms with van der Waals surface area (Å²) in [4.78, 5) is 4.49. The summed E-state index contributed by atoms with van der Waals surface area (Å²) in [6, 6.07) is 19.5. The van der Waals surface area contributed by atoms with Crippen molar-refractivity contribution in [2.24, 2.45) is 4.99 Å². The van der Waals surface area contributed by atoms with Crippen LogP contribution in [0.5, 0.6) is 5.75 Å². The van der Waals surface area contributed by atoms with Crippen molar-refractivity contribution in [2.75, 3.05) is 0 Å². The van der Waals surface area contributed by atoms with E-state index in [4.69, 9.17) is 0 Å². The van der Waals surface area contributed by atoms with Gasteiger partial charge in [0.15, 0.2) is 0 Å². The number of halogens is 1. The standard InChI is InChI=1S/C17H12INO/c18-15-7-3-4-8-16(15)19-11-14-13-6-2-1-5-12(13)9-10-17(14)20/h1-11,20H. The van der Waals surface area contributed by atoms with Crippen molar-refractivity contribution in [1.82, 2.24) is 0 Å². The van der Waals surface area contributed by atoms with E-state index in [1.807, 2.05) is 54.6 Å². The third-order valence-corrected chi connectivity index (χ3v) is 4.05. The van der Waals surface area contributed by atoms with Crippen molar-refractivity contribution < 1.29 is 5.11 Å². The van der Waals surface area contributed by atoms with Crippen molar-refractivity contribution in [1.29, 1.82) is 0 Å². The van der Waals surface area contributed by atoms with Gasteiger partial charge in [-0.1, -0.05) is 42.5 Å². The zero-order valence-corrected chi connectivity index (χ0v) is 12.8. The van der Waals surface area contributed by atoms with Gasteiger partial charge in [-0.25, -0.2) is 0 Å². The topological polar surface area (TPSA) is 32.6 Å². The summed E-state index contributed by atoms with van der Waals surface area (Å²) < 4.78 is 1.08. The van der Waals surface area contributed by atoms with Crippen LogP contribution in [0.15, 0.2) is 65.7 Å². The van der Waals surface area contributed by atoms with Gasteiger partial charge in [-0.3, -0.25) is 4.99 Å². The molecule has 98 valence electrons. The highest BCUT2D eigenvalue weighted by Gasteiger charge is 2.04. The molecule has 0 unspecified atom stereocenters. The molecule has 0 radical (unpaired) electrons. The predicted molar refractivity (Wildman–Crippen MR) is 92.0 cm³/mol. The molecule has 20 heavy (non-hydrogen) atoms. The molecule has 0 fully saturated rings. The van der Waals surface area contributed by atoms with E-state index in [2.05, 4.69) is 27.6 Å². The molecule has 1 N–H and O–H groups in total. The zero-order chi connectivity index (χ0) is 13.9. The van der Waals surface area contributed by atoms with Crippen LogP contribution >= 0.6 is 22.6 Å². The number of para-hydroxylation sites is 1. The molecule has 0 aliphatic heterocycles. The molecule has 3 aromatic carbocycles. The van der Waals surface area contributed by atoms with Gasteiger partial charge in [-0.05, 0) is 51.6 Å². The van der Waals surface area contributed by atoms with Crippen LogP contribution in [0.25, 0.3) is 10.8 Å². The van der Waals surface area contributed by atoms with Gasteiger partial charge in [0, 0.05) is 15.3 Å². The number of hydrogen-bond acceptors (Lipinski definition) is 2. The third kappa shape index (κ3) is 2.54. The Labute approximate surface area is 130 Å². The Morgan fingerprint density at radius 1 is 0.900 bits per heavy atom. The van der Waals surface area contributed by atoms with Gasteiger partial charge >= 0.3 is 0 Å². The molecule has 0 bridgehead atoms. The van der Waals surface area contributed by atoms with E-state index in [9.17, 15) is 5.11 Å². The molecular formula is C17H12INO. The number of phenolic OH excluding ortho intramolecular Hbond substituents is 1. The summed E-state index contributed by atoms with van der Waals surface area (Å²) in [6.45, 7) is 0. The van der Waals surface area contributed by atoms with Crippen molar-refractivity contribution in [2.45, 2.75) is 0 Å². The minimum atomic E-state index is 0.249. The van der Waals surface area contributed by atoms with E-state index in [1.165, 1.54) is 0 Å². The highest BCUT2D eigenvalue weighted by Crippen LogP contribution is 2.27. The fourth-order valence-electron chi connectivity index (χ4n) is 2.11. The molecule has 2 nitrogen and oxygen atoms in total. The second-order valence-corrected chi connectivity index (χ2v) is 5.59. The molecule has 3 heteroatoms. The number of rotatable bonds is 2. The van der Waals surface area contributed by atoms with E-state index in [-0.39, 0.29) is 5.75 Å². The van der Waals surface area contributed by atoms with Crippen LogP contribution in [-0.4, -0.2) is 11.3 Å². The maximum Gasteiger partial charge on any atom is 0.124 e. The van der Waals surface area contributed by atoms with Crippen LogP contribution in [0.2, 0.25) is 0 Å². The third-order valence-electron chi connectivity index (χ3n) is 3.13. The van der Waals surface area contributed by atoms with Gasteiger partial charge in [0.1, 0.15) is 5.75 Å². The van der Waals surface area contributed by atoms with Gasteiger partial charge in [0.25, 0.3) is 0 Å². The van der Waals surface area contributed by atoms with Crippen molar-refractivity contribution in [3.05, 3.63) is 69.8 Å². The Morgan fingerprint density at radius 3 is 2.50 bits per heavy atom. The van der Waals surface area contributed by atoms with Crippen LogP contribution in [-0.2, 0) is 0 Å². The van der Waals surface area contributed by atoms with Gasteiger partial charge in [-0.15, -0.1) is 0 Å². The summed E-state index contributed by atoms with van der Waals surface area (Å²) in [5, 5.41) is 12.2. The van der Waals surface area contributed by atoms with Crippen LogP contribution < -0.4 is 0 Å². The number of hydrogen-bond donors (Lipinski definition) is 1. The van der Waals surface area contributed by atoms with Gasteiger partial charge in [-0.2, -0.15) is 0 Å². The van der Waals surface area contributed by atoms with Crippen LogP contribution in [0, 0.1) is 3.57 Å². The monoisotopic (exact) mass is 373 g/mol. The molecule has 0 aromatic heterocycles. The second kappa shape index (κ2) is 5.63. The average molecular weight is 373 g/mol. The van der Waals surface area contributed by atoms with Crippen molar-refractivity contribution in [3.8, 4) is 5.75 Å². The Morgan fingerprint density at radius 2 is 1.65 bits per heavy atom. The average Bonchev–Trinajstić information content (AvgIpc) is 2.48. The minimum Gasteiger partial charge on any atom is -0.507 e. The number of aliphatic imine (C=N–C) groups is 1. The smallest absolute Gasteiger partial charge is 0.124 e. The van der Waals surface area contributed by atoms with E-state index in [0.29, 0.717) is 0 Å². The van der Waals surface area contributed by atoms with Crippen molar-refractivity contribution in [3.63, 3.8) is 0 Å². The molecule has 0 spiro atoms. The number of nitrogens with zero attached hydrogens (tertiary/aromatic N) is 1. The Balaban J connectivity index is 2.11. The van der Waals surface area contributed by atoms with E-state index in [1.54, 1.807) is 12.3 Å². The maximum atomic E-state index is 10.1. The van der Waals surface area contributed by atoms with Gasteiger partial charge in [0.05, 0.1) is 5.69 Å². The Bertz CT molecular complexity index is 796. The lowest BCUT2D eigenvalue weighted by atomic mass is 10.0. The molecule has 3 aromatic rings. The molecule has 0 amide bonds. The second-order valence-electron chi connectivity index (χ2n) is 4.43. The van der Waals surface area contributed by atoms with Crippen LogP contribution in [0.4, 0.5) is 5.69 Å². The fourth-order valence-corrected chi connectivity index (χ4v) is 2.64. The first-order valence-electron chi connectivity index (χ1n) is 6.25. The molecule has 0 heterocycles. The first kappa shape index (κ1) is 13.1. The normalized spacial score (nSPS) is 11.2. The zero-order valence-electron chi connectivity index (χ0n) is 10.6. The number of benzene rings is 3. The van der Waals surface area contributed by atoms with Crippen molar-refractivity contribution >= 4 is 45.3 Å². The quantitative estimate of drug-likeness (QED) is 0.503. The van der Waals surface area contributed by atoms with Gasteiger partial charge < -0.3 is 5.11 Å². The van der Waals surface area contributed by atoms with Crippen LogP contribution in [0.1, 0.15) is 5.56 Å². The Kier molecular flexibility index (Phi) is 3.69. The molecular weight excluding hydrogens is 361 g/mol. The first-order chi connectivity index (χ1) is 9.75. The van der Waals surface area contributed by atoms with E-state index >= 15 is 0 Å². The summed E-state index contributed by atoms with van der Waals surface area (Å²) in [5.41, 5.74) is 1.66. The van der Waals surface area contributed by atoms with E-state index in [0.717, 1.165) is 25.6 Å². The molecule has 0 atom stereocenters. The van der Waals surface area contributed by atoms with E-state index < -0.39 is 0 Å². The molecule has 3 rings (SSSR count). The lowest BCUT2D eigenvalue weighted by Gasteiger charge is -2.05. The lowest BCUT2D eigenvalue weighted by molar-refractivity contribution is 0.475. The summed E-state index contributed by atoms with van der Waals surface area (Å²) >= 11 is 2.25. The summed E-state index contributed by atoms with van der Waals surface area (Å²) in [5.74, 6) is 0.249. The number of aromatic hydroxyl groups is 1. The molecule has 0 saturated carbocycles. The lowest BCUT2D eigenvalue weighted by Crippen LogP contribution is -1.86. The number of phenols is 1.